The van der Waals surface area contributed by atoms with Crippen molar-refractivity contribution in [3.05, 3.63) is 39.5 Å². The van der Waals surface area contributed by atoms with Crippen molar-refractivity contribution < 1.29 is 23.9 Å². The lowest BCUT2D eigenvalue weighted by Gasteiger charge is -2.34. The van der Waals surface area contributed by atoms with Crippen LogP contribution in [0.25, 0.3) is 11.3 Å². The maximum Gasteiger partial charge on any atom is 0.410 e. The van der Waals surface area contributed by atoms with Gasteiger partial charge in [-0.3, -0.25) is 14.4 Å². The topological polar surface area (TPSA) is 117 Å². The molecule has 3 rings (SSSR count). The molecule has 166 valence electrons. The van der Waals surface area contributed by atoms with Crippen LogP contribution in [0.4, 0.5) is 4.79 Å². The molecule has 11 heteroatoms. The van der Waals surface area contributed by atoms with Crippen LogP contribution >= 0.6 is 23.2 Å². The first kappa shape index (κ1) is 22.9. The molecule has 1 aromatic carbocycles. The highest BCUT2D eigenvalue weighted by atomic mass is 35.5. The van der Waals surface area contributed by atoms with E-state index in [0.717, 1.165) is 0 Å². The molecule has 0 radical (unpaired) electrons. The minimum Gasteiger partial charge on any atom is -0.467 e. The summed E-state index contributed by atoms with van der Waals surface area (Å²) in [5.74, 6) is -1.40. The standard InChI is InChI=1S/C20H22Cl2N4O5/c1-20(2,3)31-19(29)25-8-13-15(17(23)27)16(10-5-6-11(21)12(22)7-10)24-26(13)14(9-25)18(28)30-4/h5-7,14H,8-9H2,1-4H3,(H2,23,27). The maximum absolute atomic E-state index is 12.7. The van der Waals surface area contributed by atoms with Crippen LogP contribution in [0, 0.1) is 0 Å². The molecule has 2 heterocycles. The van der Waals surface area contributed by atoms with E-state index in [4.69, 9.17) is 38.4 Å². The monoisotopic (exact) mass is 468 g/mol. The second-order valence-corrected chi connectivity index (χ2v) is 8.82. The van der Waals surface area contributed by atoms with Crippen molar-refractivity contribution in [2.45, 2.75) is 39.0 Å². The van der Waals surface area contributed by atoms with Crippen molar-refractivity contribution in [3.63, 3.8) is 0 Å². The largest absolute Gasteiger partial charge is 0.467 e. The number of methoxy groups -OCH3 is 1. The zero-order valence-corrected chi connectivity index (χ0v) is 19.0. The van der Waals surface area contributed by atoms with E-state index in [-0.39, 0.29) is 29.4 Å². The molecule has 2 N–H and O–H groups in total. The summed E-state index contributed by atoms with van der Waals surface area (Å²) in [6, 6.07) is 3.75. The van der Waals surface area contributed by atoms with Crippen LogP contribution in [0.15, 0.2) is 18.2 Å². The molecule has 9 nitrogen and oxygen atoms in total. The first-order chi connectivity index (χ1) is 14.4. The summed E-state index contributed by atoms with van der Waals surface area (Å²) >= 11 is 12.1. The van der Waals surface area contributed by atoms with Gasteiger partial charge in [0.15, 0.2) is 6.04 Å². The van der Waals surface area contributed by atoms with Crippen LogP contribution in [0.5, 0.6) is 0 Å². The number of fused-ring (bicyclic) bond motifs is 1. The molecule has 0 saturated carbocycles. The van der Waals surface area contributed by atoms with Crippen LogP contribution < -0.4 is 5.73 Å². The predicted molar refractivity (Wildman–Crippen MR) is 114 cm³/mol. The number of benzene rings is 1. The first-order valence-corrected chi connectivity index (χ1v) is 10.1. The Labute approximate surface area is 189 Å². The van der Waals surface area contributed by atoms with Gasteiger partial charge in [0.05, 0.1) is 41.5 Å². The summed E-state index contributed by atoms with van der Waals surface area (Å²) in [6.45, 7) is 5.11. The summed E-state index contributed by atoms with van der Waals surface area (Å²) in [4.78, 5) is 38.9. The third-order valence-electron chi connectivity index (χ3n) is 4.60. The molecule has 1 aliphatic rings. The van der Waals surface area contributed by atoms with Crippen LogP contribution in [0.3, 0.4) is 0 Å². The SMILES string of the molecule is COC(=O)C1CN(C(=O)OC(C)(C)C)Cc2c(C(N)=O)c(-c3ccc(Cl)c(Cl)c3)nn21. The Balaban J connectivity index is 2.15. The number of carbonyl (C=O) groups is 3. The summed E-state index contributed by atoms with van der Waals surface area (Å²) < 4.78 is 11.7. The number of rotatable bonds is 3. The van der Waals surface area contributed by atoms with E-state index in [1.165, 1.54) is 16.7 Å². The van der Waals surface area contributed by atoms with E-state index >= 15 is 0 Å². The number of aromatic nitrogens is 2. The van der Waals surface area contributed by atoms with E-state index in [1.54, 1.807) is 39.0 Å². The van der Waals surface area contributed by atoms with Crippen molar-refractivity contribution in [1.82, 2.24) is 14.7 Å². The molecule has 0 fully saturated rings. The lowest BCUT2D eigenvalue weighted by Crippen LogP contribution is -2.46. The normalized spacial score (nSPS) is 15.9. The molecule has 1 aliphatic heterocycles. The molecule has 2 aromatic rings. The Morgan fingerprint density at radius 2 is 1.87 bits per heavy atom. The Hall–Kier alpha value is -2.78. The van der Waals surface area contributed by atoms with Crippen molar-refractivity contribution in [2.75, 3.05) is 13.7 Å². The van der Waals surface area contributed by atoms with Gasteiger partial charge in [0.2, 0.25) is 0 Å². The fourth-order valence-corrected chi connectivity index (χ4v) is 3.59. The highest BCUT2D eigenvalue weighted by molar-refractivity contribution is 6.42. The smallest absolute Gasteiger partial charge is 0.410 e. The highest BCUT2D eigenvalue weighted by Gasteiger charge is 2.39. The molecule has 0 saturated heterocycles. The Kier molecular flexibility index (Phi) is 6.20. The third kappa shape index (κ3) is 4.62. The second kappa shape index (κ2) is 8.39. The number of hydrogen-bond acceptors (Lipinski definition) is 6. The number of carbonyl (C=O) groups excluding carboxylic acids is 3. The second-order valence-electron chi connectivity index (χ2n) is 8.01. The van der Waals surface area contributed by atoms with Gasteiger partial charge in [-0.25, -0.2) is 9.59 Å². The van der Waals surface area contributed by atoms with Gasteiger partial charge in [-0.05, 0) is 32.9 Å². The van der Waals surface area contributed by atoms with Gasteiger partial charge in [-0.1, -0.05) is 29.3 Å². The minimum absolute atomic E-state index is 0.0327. The molecule has 0 spiro atoms. The van der Waals surface area contributed by atoms with Crippen molar-refractivity contribution in [2.24, 2.45) is 5.73 Å². The number of nitrogens with two attached hydrogens (primary N) is 1. The molecule has 0 aliphatic carbocycles. The van der Waals surface area contributed by atoms with Gasteiger partial charge >= 0.3 is 12.1 Å². The van der Waals surface area contributed by atoms with Crippen LogP contribution in [-0.2, 0) is 20.8 Å². The molecule has 2 amide bonds. The van der Waals surface area contributed by atoms with E-state index in [2.05, 4.69) is 5.10 Å². The maximum atomic E-state index is 12.7. The van der Waals surface area contributed by atoms with Gasteiger partial charge in [-0.2, -0.15) is 5.10 Å². The van der Waals surface area contributed by atoms with Crippen molar-refractivity contribution in [3.8, 4) is 11.3 Å². The summed E-state index contributed by atoms with van der Waals surface area (Å²) in [5, 5.41) is 5.06. The van der Waals surface area contributed by atoms with Crippen LogP contribution in [-0.4, -0.2) is 51.9 Å². The van der Waals surface area contributed by atoms with E-state index in [9.17, 15) is 14.4 Å². The summed E-state index contributed by atoms with van der Waals surface area (Å²) in [6.07, 6.45) is -0.639. The zero-order chi connectivity index (χ0) is 23.1. The lowest BCUT2D eigenvalue weighted by molar-refractivity contribution is -0.146. The molecule has 0 bridgehead atoms. The molecule has 1 aromatic heterocycles. The third-order valence-corrected chi connectivity index (χ3v) is 5.34. The Morgan fingerprint density at radius 3 is 2.42 bits per heavy atom. The Bertz CT molecular complexity index is 1060. The van der Waals surface area contributed by atoms with Gasteiger partial charge in [0, 0.05) is 5.56 Å². The van der Waals surface area contributed by atoms with Crippen LogP contribution in [0.2, 0.25) is 10.0 Å². The molecule has 31 heavy (non-hydrogen) atoms. The van der Waals surface area contributed by atoms with E-state index in [1.807, 2.05) is 0 Å². The number of ether oxygens (including phenoxy) is 2. The fourth-order valence-electron chi connectivity index (χ4n) is 3.29. The van der Waals surface area contributed by atoms with Crippen molar-refractivity contribution in [1.29, 1.82) is 0 Å². The quantitative estimate of drug-likeness (QED) is 0.689. The lowest BCUT2D eigenvalue weighted by atomic mass is 10.0. The number of primary amides is 1. The van der Waals surface area contributed by atoms with Gasteiger partial charge < -0.3 is 15.2 Å². The number of esters is 1. The van der Waals surface area contributed by atoms with Gasteiger partial charge in [-0.15, -0.1) is 0 Å². The number of amides is 2. The van der Waals surface area contributed by atoms with Crippen molar-refractivity contribution >= 4 is 41.2 Å². The van der Waals surface area contributed by atoms with E-state index in [0.29, 0.717) is 16.3 Å². The van der Waals surface area contributed by atoms with Gasteiger partial charge in [0.1, 0.15) is 11.3 Å². The Morgan fingerprint density at radius 1 is 1.19 bits per heavy atom. The number of halogens is 2. The zero-order valence-electron chi connectivity index (χ0n) is 17.4. The first-order valence-electron chi connectivity index (χ1n) is 9.35. The van der Waals surface area contributed by atoms with E-state index < -0.39 is 29.6 Å². The average molecular weight is 469 g/mol. The van der Waals surface area contributed by atoms with Gasteiger partial charge in [0.25, 0.3) is 5.91 Å². The molecular weight excluding hydrogens is 447 g/mol. The highest BCUT2D eigenvalue weighted by Crippen LogP contribution is 2.35. The number of nitrogens with zero attached hydrogens (tertiary/aromatic N) is 3. The number of hydrogen-bond donors (Lipinski definition) is 1. The summed E-state index contributed by atoms with van der Waals surface area (Å²) in [5.41, 5.74) is 5.99. The predicted octanol–water partition coefficient (Wildman–Crippen LogP) is 3.42. The molecule has 1 unspecified atom stereocenters. The summed E-state index contributed by atoms with van der Waals surface area (Å²) in [7, 11) is 1.23. The molecular formula is C20H22Cl2N4O5. The fraction of sp³-hybridized carbons (Fsp3) is 0.400. The van der Waals surface area contributed by atoms with Crippen LogP contribution in [0.1, 0.15) is 42.9 Å². The average Bonchev–Trinajstić information content (AvgIpc) is 3.07. The minimum atomic E-state index is -0.990. The molecule has 1 atom stereocenters.